The summed E-state index contributed by atoms with van der Waals surface area (Å²) >= 11 is -3.54. The zero-order chi connectivity index (χ0) is 24.5. The van der Waals surface area contributed by atoms with E-state index >= 15 is 0 Å². The number of aryl methyl sites for hydroxylation is 3. The maximum atomic E-state index is 12.8. The van der Waals surface area contributed by atoms with Crippen LogP contribution in [-0.2, 0) is 30.6 Å². The van der Waals surface area contributed by atoms with Crippen LogP contribution in [0.2, 0.25) is 0 Å². The zero-order valence-electron chi connectivity index (χ0n) is 19.6. The molecule has 0 aliphatic carbocycles. The summed E-state index contributed by atoms with van der Waals surface area (Å²) in [6.45, 7) is 5.92. The van der Waals surface area contributed by atoms with Crippen molar-refractivity contribution in [3.8, 4) is 0 Å². The summed E-state index contributed by atoms with van der Waals surface area (Å²) in [5.74, 6) is -2.13. The second-order valence-corrected chi connectivity index (χ2v) is 8.95. The van der Waals surface area contributed by atoms with Crippen LogP contribution in [0.1, 0.15) is 68.5 Å². The highest BCUT2D eigenvalue weighted by Gasteiger charge is 2.49. The third-order valence-corrected chi connectivity index (χ3v) is 6.54. The number of hydrogen-bond donors (Lipinski definition) is 0. The van der Waals surface area contributed by atoms with E-state index in [9.17, 15) is 14.4 Å². The Morgan fingerprint density at radius 1 is 0.559 bits per heavy atom. The highest BCUT2D eigenvalue weighted by Crippen LogP contribution is 2.14. The first-order valence-corrected chi connectivity index (χ1v) is 12.7. The second kappa shape index (κ2) is 12.2. The molecule has 34 heavy (non-hydrogen) atoms. The molecule has 0 fully saturated rings. The number of benzene rings is 3. The quantitative estimate of drug-likeness (QED) is 0.395. The molecule has 0 amide bonds. The van der Waals surface area contributed by atoms with E-state index in [1.165, 1.54) is 0 Å². The van der Waals surface area contributed by atoms with Gasteiger partial charge in [0.25, 0.3) is 0 Å². The molecule has 0 N–H and O–H groups in total. The Morgan fingerprint density at radius 3 is 1.12 bits per heavy atom. The number of carbonyl (C=O) groups excluding carboxylic acids is 3. The van der Waals surface area contributed by atoms with Crippen LogP contribution in [0.3, 0.4) is 0 Å². The molecule has 0 unspecified atom stereocenters. The van der Waals surface area contributed by atoms with Gasteiger partial charge in [0, 0.05) is 0 Å². The average Bonchev–Trinajstić information content (AvgIpc) is 2.88. The van der Waals surface area contributed by atoms with Crippen LogP contribution in [0, 0.1) is 0 Å². The molecule has 3 rings (SSSR count). The fraction of sp³-hybridized carbons (Fsp3) is 0.222. The average molecular weight is 474 g/mol. The molecule has 174 valence electrons. The lowest BCUT2D eigenvalue weighted by molar-refractivity contribution is 0.0410. The van der Waals surface area contributed by atoms with Crippen molar-refractivity contribution in [3.05, 3.63) is 106 Å². The van der Waals surface area contributed by atoms with Gasteiger partial charge in [0.15, 0.2) is 0 Å². The van der Waals surface area contributed by atoms with Crippen molar-refractivity contribution < 1.29 is 25.7 Å². The molecule has 6 nitrogen and oxygen atoms in total. The van der Waals surface area contributed by atoms with Gasteiger partial charge in [-0.15, -0.1) is 0 Å². The molecule has 0 saturated heterocycles. The predicted octanol–water partition coefficient (Wildman–Crippen LogP) is 5.23. The summed E-state index contributed by atoms with van der Waals surface area (Å²) in [4.78, 5) is 38.4. The summed E-state index contributed by atoms with van der Waals surface area (Å²) < 4.78 is 16.3. The molecule has 0 atom stereocenters. The van der Waals surface area contributed by atoms with E-state index in [0.717, 1.165) is 36.0 Å². The van der Waals surface area contributed by atoms with E-state index in [0.29, 0.717) is 16.7 Å². The summed E-state index contributed by atoms with van der Waals surface area (Å²) in [5.41, 5.74) is 3.75. The highest BCUT2D eigenvalue weighted by molar-refractivity contribution is 6.45. The van der Waals surface area contributed by atoms with Gasteiger partial charge in [0.1, 0.15) is 0 Å². The van der Waals surface area contributed by atoms with Gasteiger partial charge in [-0.05, 0) is 72.4 Å². The summed E-state index contributed by atoms with van der Waals surface area (Å²) in [7, 11) is 0. The Kier molecular flexibility index (Phi) is 9.03. The van der Waals surface area contributed by atoms with Crippen LogP contribution in [0.25, 0.3) is 0 Å². The normalized spacial score (nSPS) is 10.3. The third kappa shape index (κ3) is 6.80. The van der Waals surface area contributed by atoms with Gasteiger partial charge in [0.05, 0.1) is 16.7 Å². The minimum Gasteiger partial charge on any atom is -0.547 e. The standard InChI is InChI=1S/3C9H10O2.Al/c3*1-2-7-4-3-5-8(6-7)9(10)11;/h3*3-6H,2H2,1H3,(H,10,11);/q;;;+3/p-3. The molecule has 0 bridgehead atoms. The molecule has 0 aliphatic rings. The van der Waals surface area contributed by atoms with E-state index in [-0.39, 0.29) is 0 Å². The van der Waals surface area contributed by atoms with E-state index in [1.807, 2.05) is 39.0 Å². The molecule has 3 aromatic rings. The minimum atomic E-state index is -3.54. The van der Waals surface area contributed by atoms with Crippen molar-refractivity contribution in [3.63, 3.8) is 0 Å². The lowest BCUT2D eigenvalue weighted by Crippen LogP contribution is -2.35. The molecule has 0 spiro atoms. The number of carbonyl (C=O) groups is 3. The van der Waals surface area contributed by atoms with Gasteiger partial charge in [0.2, 0.25) is 0 Å². The van der Waals surface area contributed by atoms with Crippen molar-refractivity contribution in [1.82, 2.24) is 0 Å². The largest absolute Gasteiger partial charge is 1.20 e. The highest BCUT2D eigenvalue weighted by atomic mass is 27.3. The van der Waals surface area contributed by atoms with Gasteiger partial charge >= 0.3 is 33.1 Å². The monoisotopic (exact) mass is 474 g/mol. The van der Waals surface area contributed by atoms with Crippen molar-refractivity contribution in [2.24, 2.45) is 0 Å². The molecular weight excluding hydrogens is 447 g/mol. The maximum absolute atomic E-state index is 12.8. The Bertz CT molecular complexity index is 1030. The van der Waals surface area contributed by atoms with Gasteiger partial charge in [-0.25, -0.2) is 14.4 Å². The lowest BCUT2D eigenvalue weighted by atomic mass is 10.1. The Balaban J connectivity index is 1.82. The third-order valence-electron chi connectivity index (χ3n) is 5.32. The van der Waals surface area contributed by atoms with E-state index in [2.05, 4.69) is 0 Å². The van der Waals surface area contributed by atoms with Crippen LogP contribution in [0.15, 0.2) is 72.8 Å². The van der Waals surface area contributed by atoms with Crippen molar-refractivity contribution in [1.29, 1.82) is 0 Å². The molecule has 0 saturated carbocycles. The van der Waals surface area contributed by atoms with Gasteiger partial charge in [-0.3, -0.25) is 0 Å². The first kappa shape index (κ1) is 25.2. The molecule has 3 aromatic carbocycles. The first-order chi connectivity index (χ1) is 16.4. The minimum absolute atomic E-state index is 0.296. The summed E-state index contributed by atoms with van der Waals surface area (Å²) in [6.07, 6.45) is 2.23. The fourth-order valence-electron chi connectivity index (χ4n) is 3.29. The molecule has 0 aliphatic heterocycles. The van der Waals surface area contributed by atoms with Gasteiger partial charge in [-0.1, -0.05) is 57.2 Å². The van der Waals surface area contributed by atoms with E-state index in [1.54, 1.807) is 54.6 Å². The summed E-state index contributed by atoms with van der Waals surface area (Å²) in [5, 5.41) is 0. The predicted molar refractivity (Wildman–Crippen MR) is 129 cm³/mol. The topological polar surface area (TPSA) is 78.9 Å². The molecule has 7 heteroatoms. The Labute approximate surface area is 204 Å². The van der Waals surface area contributed by atoms with Crippen molar-refractivity contribution in [2.75, 3.05) is 0 Å². The number of rotatable bonds is 9. The lowest BCUT2D eigenvalue weighted by Gasteiger charge is -2.14. The first-order valence-electron chi connectivity index (χ1n) is 11.3. The number of hydrogen-bond acceptors (Lipinski definition) is 6. The smallest absolute Gasteiger partial charge is 0.547 e. The maximum Gasteiger partial charge on any atom is 1.20 e. The van der Waals surface area contributed by atoms with Crippen LogP contribution in [0.4, 0.5) is 0 Å². The van der Waals surface area contributed by atoms with Crippen molar-refractivity contribution in [2.45, 2.75) is 40.0 Å². The van der Waals surface area contributed by atoms with Crippen LogP contribution >= 0.6 is 0 Å². The molecule has 0 radical (unpaired) electrons. The van der Waals surface area contributed by atoms with Crippen LogP contribution < -0.4 is 0 Å². The fourth-order valence-corrected chi connectivity index (χ4v) is 4.37. The SMILES string of the molecule is CCc1cccc(C(=O)[O][Al]([O]C(=O)c2cccc(CC)c2)[O]C(=O)c2cccc(CC)c2)c1. The second-order valence-electron chi connectivity index (χ2n) is 7.67. The van der Waals surface area contributed by atoms with E-state index < -0.39 is 33.1 Å². The van der Waals surface area contributed by atoms with Crippen LogP contribution in [0.5, 0.6) is 0 Å². The van der Waals surface area contributed by atoms with Gasteiger partial charge in [-0.2, -0.15) is 0 Å². The van der Waals surface area contributed by atoms with Crippen LogP contribution in [-0.4, -0.2) is 33.1 Å². The Hall–Kier alpha value is -3.40. The summed E-state index contributed by atoms with van der Waals surface area (Å²) in [6, 6.07) is 20.8. The molecular formula is C27H27AlO6. The Morgan fingerprint density at radius 2 is 0.853 bits per heavy atom. The van der Waals surface area contributed by atoms with Crippen molar-refractivity contribution >= 4 is 33.1 Å². The zero-order valence-corrected chi connectivity index (χ0v) is 20.7. The van der Waals surface area contributed by atoms with E-state index in [4.69, 9.17) is 11.4 Å². The van der Waals surface area contributed by atoms with Gasteiger partial charge < -0.3 is 11.4 Å². The molecule has 0 heterocycles. The molecule has 0 aromatic heterocycles.